The van der Waals surface area contributed by atoms with E-state index in [4.69, 9.17) is 4.74 Å². The van der Waals surface area contributed by atoms with Gasteiger partial charge in [-0.1, -0.05) is 20.8 Å². The van der Waals surface area contributed by atoms with Gasteiger partial charge in [0, 0.05) is 12.5 Å². The van der Waals surface area contributed by atoms with Gasteiger partial charge in [-0.25, -0.2) is 4.79 Å². The summed E-state index contributed by atoms with van der Waals surface area (Å²) in [6.07, 6.45) is -0.287. The van der Waals surface area contributed by atoms with Crippen LogP contribution < -0.4 is 5.32 Å². The summed E-state index contributed by atoms with van der Waals surface area (Å²) in [6, 6.07) is 0. The molecule has 1 fully saturated rings. The maximum absolute atomic E-state index is 10.6. The van der Waals surface area contributed by atoms with Gasteiger partial charge in [-0.3, -0.25) is 0 Å². The van der Waals surface area contributed by atoms with Crippen LogP contribution in [0.2, 0.25) is 0 Å². The minimum Gasteiger partial charge on any atom is -0.449 e. The van der Waals surface area contributed by atoms with E-state index in [1.54, 1.807) is 0 Å². The number of carbonyl (C=O) groups is 1. The van der Waals surface area contributed by atoms with Gasteiger partial charge in [0.25, 0.3) is 0 Å². The molecule has 1 N–H and O–H groups in total. The zero-order chi connectivity index (χ0) is 8.48. The first-order valence-corrected chi connectivity index (χ1v) is 3.91. The Kier molecular flexibility index (Phi) is 2.07. The highest BCUT2D eigenvalue weighted by Gasteiger charge is 2.29. The third kappa shape index (κ3) is 2.10. The zero-order valence-corrected chi connectivity index (χ0v) is 7.31. The van der Waals surface area contributed by atoms with Crippen molar-refractivity contribution < 1.29 is 9.53 Å². The average molecular weight is 157 g/mol. The summed E-state index contributed by atoms with van der Waals surface area (Å²) in [5.41, 5.74) is 0.216. The SMILES string of the molecule is CC(C)(C)C1CNC(=O)OC1. The molecule has 1 amide bonds. The van der Waals surface area contributed by atoms with Crippen molar-refractivity contribution in [3.8, 4) is 0 Å². The van der Waals surface area contributed by atoms with Crippen LogP contribution in [0.15, 0.2) is 0 Å². The van der Waals surface area contributed by atoms with E-state index in [2.05, 4.69) is 26.1 Å². The van der Waals surface area contributed by atoms with Crippen LogP contribution in [0.1, 0.15) is 20.8 Å². The second-order valence-electron chi connectivity index (χ2n) is 4.04. The van der Waals surface area contributed by atoms with Gasteiger partial charge in [-0.05, 0) is 5.41 Å². The molecule has 0 spiro atoms. The number of ether oxygens (including phenoxy) is 1. The molecule has 1 heterocycles. The molecule has 0 radical (unpaired) electrons. The van der Waals surface area contributed by atoms with Gasteiger partial charge in [0.1, 0.15) is 0 Å². The molecule has 1 aliphatic heterocycles. The first-order valence-electron chi connectivity index (χ1n) is 3.91. The van der Waals surface area contributed by atoms with E-state index in [9.17, 15) is 4.79 Å². The molecular weight excluding hydrogens is 142 g/mol. The fraction of sp³-hybridized carbons (Fsp3) is 0.875. The number of rotatable bonds is 0. The second-order valence-corrected chi connectivity index (χ2v) is 4.04. The lowest BCUT2D eigenvalue weighted by atomic mass is 9.81. The molecule has 1 atom stereocenters. The first kappa shape index (κ1) is 8.37. The van der Waals surface area contributed by atoms with Gasteiger partial charge in [0.2, 0.25) is 0 Å². The average Bonchev–Trinajstić information content (AvgIpc) is 1.86. The Labute approximate surface area is 67.1 Å². The number of cyclic esters (lactones) is 1. The minimum atomic E-state index is -0.287. The molecule has 0 saturated carbocycles. The Hall–Kier alpha value is -0.730. The molecule has 3 nitrogen and oxygen atoms in total. The van der Waals surface area contributed by atoms with Crippen molar-refractivity contribution in [2.75, 3.05) is 13.2 Å². The summed E-state index contributed by atoms with van der Waals surface area (Å²) in [4.78, 5) is 10.6. The lowest BCUT2D eigenvalue weighted by Gasteiger charge is -2.33. The Morgan fingerprint density at radius 1 is 1.55 bits per heavy atom. The Bertz CT molecular complexity index is 150. The van der Waals surface area contributed by atoms with Crippen molar-refractivity contribution in [2.24, 2.45) is 11.3 Å². The standard InChI is InChI=1S/C8H15NO2/c1-8(2,3)6-4-9-7(10)11-5-6/h6H,4-5H2,1-3H3,(H,9,10). The molecule has 0 aliphatic carbocycles. The predicted molar refractivity (Wildman–Crippen MR) is 42.3 cm³/mol. The second kappa shape index (κ2) is 2.72. The van der Waals surface area contributed by atoms with Crippen molar-refractivity contribution in [1.82, 2.24) is 5.32 Å². The Morgan fingerprint density at radius 3 is 2.55 bits per heavy atom. The molecule has 1 unspecified atom stereocenters. The van der Waals surface area contributed by atoms with Crippen LogP contribution in [0.25, 0.3) is 0 Å². The van der Waals surface area contributed by atoms with Crippen molar-refractivity contribution in [3.63, 3.8) is 0 Å². The number of hydrogen-bond donors (Lipinski definition) is 1. The smallest absolute Gasteiger partial charge is 0.407 e. The van der Waals surface area contributed by atoms with Crippen LogP contribution in [0, 0.1) is 11.3 Å². The summed E-state index contributed by atoms with van der Waals surface area (Å²) >= 11 is 0. The molecular formula is C8H15NO2. The van der Waals surface area contributed by atoms with Crippen LogP contribution >= 0.6 is 0 Å². The van der Waals surface area contributed by atoms with E-state index in [1.807, 2.05) is 0 Å². The lowest BCUT2D eigenvalue weighted by Crippen LogP contribution is -2.44. The fourth-order valence-electron chi connectivity index (χ4n) is 1.05. The Balaban J connectivity index is 2.45. The van der Waals surface area contributed by atoms with Gasteiger partial charge >= 0.3 is 6.09 Å². The van der Waals surface area contributed by atoms with Crippen LogP contribution in [0.4, 0.5) is 4.79 Å². The van der Waals surface area contributed by atoms with E-state index in [0.717, 1.165) is 6.54 Å². The molecule has 3 heteroatoms. The Morgan fingerprint density at radius 2 is 2.18 bits per heavy atom. The minimum absolute atomic E-state index is 0.216. The largest absolute Gasteiger partial charge is 0.449 e. The molecule has 0 aromatic carbocycles. The maximum Gasteiger partial charge on any atom is 0.407 e. The summed E-state index contributed by atoms with van der Waals surface area (Å²) < 4.78 is 4.87. The van der Waals surface area contributed by atoms with Crippen molar-refractivity contribution >= 4 is 6.09 Å². The zero-order valence-electron chi connectivity index (χ0n) is 7.31. The van der Waals surface area contributed by atoms with Crippen molar-refractivity contribution in [3.05, 3.63) is 0 Å². The first-order chi connectivity index (χ1) is 5.00. The van der Waals surface area contributed by atoms with E-state index < -0.39 is 0 Å². The fourth-order valence-corrected chi connectivity index (χ4v) is 1.05. The van der Waals surface area contributed by atoms with Gasteiger partial charge in [0.15, 0.2) is 0 Å². The van der Waals surface area contributed by atoms with Crippen LogP contribution in [0.5, 0.6) is 0 Å². The van der Waals surface area contributed by atoms with E-state index in [0.29, 0.717) is 12.5 Å². The molecule has 1 saturated heterocycles. The van der Waals surface area contributed by atoms with Crippen LogP contribution in [-0.2, 0) is 4.74 Å². The molecule has 64 valence electrons. The maximum atomic E-state index is 10.6. The van der Waals surface area contributed by atoms with Gasteiger partial charge in [-0.2, -0.15) is 0 Å². The predicted octanol–water partition coefficient (Wildman–Crippen LogP) is 1.39. The van der Waals surface area contributed by atoms with Gasteiger partial charge in [-0.15, -0.1) is 0 Å². The van der Waals surface area contributed by atoms with Crippen molar-refractivity contribution in [2.45, 2.75) is 20.8 Å². The van der Waals surface area contributed by atoms with Crippen molar-refractivity contribution in [1.29, 1.82) is 0 Å². The molecule has 1 rings (SSSR count). The quantitative estimate of drug-likeness (QED) is 0.577. The molecule has 0 aromatic rings. The van der Waals surface area contributed by atoms with Gasteiger partial charge < -0.3 is 10.1 Å². The normalized spacial score (nSPS) is 25.7. The summed E-state index contributed by atoms with van der Waals surface area (Å²) in [5.74, 6) is 0.431. The number of hydrogen-bond acceptors (Lipinski definition) is 2. The monoisotopic (exact) mass is 157 g/mol. The summed E-state index contributed by atoms with van der Waals surface area (Å²) in [7, 11) is 0. The third-order valence-corrected chi connectivity index (χ3v) is 2.13. The summed E-state index contributed by atoms with van der Waals surface area (Å²) in [6.45, 7) is 7.74. The van der Waals surface area contributed by atoms with Crippen LogP contribution in [0.3, 0.4) is 0 Å². The highest BCUT2D eigenvalue weighted by atomic mass is 16.6. The number of alkyl carbamates (subject to hydrolysis) is 1. The number of amides is 1. The summed E-state index contributed by atoms with van der Waals surface area (Å²) in [5, 5.41) is 2.68. The lowest BCUT2D eigenvalue weighted by molar-refractivity contribution is 0.0622. The molecule has 11 heavy (non-hydrogen) atoms. The highest BCUT2D eigenvalue weighted by molar-refractivity contribution is 5.67. The van der Waals surface area contributed by atoms with E-state index in [-0.39, 0.29) is 11.5 Å². The molecule has 0 bridgehead atoms. The molecule has 1 aliphatic rings. The number of nitrogens with one attached hydrogen (secondary N) is 1. The topological polar surface area (TPSA) is 38.3 Å². The highest BCUT2D eigenvalue weighted by Crippen LogP contribution is 2.26. The number of carbonyl (C=O) groups excluding carboxylic acids is 1. The van der Waals surface area contributed by atoms with E-state index in [1.165, 1.54) is 0 Å². The third-order valence-electron chi connectivity index (χ3n) is 2.13. The van der Waals surface area contributed by atoms with Gasteiger partial charge in [0.05, 0.1) is 6.61 Å². The van der Waals surface area contributed by atoms with Crippen LogP contribution in [-0.4, -0.2) is 19.2 Å². The van der Waals surface area contributed by atoms with E-state index >= 15 is 0 Å². The molecule has 0 aromatic heterocycles.